The zero-order valence-corrected chi connectivity index (χ0v) is 28.5. The first-order valence-corrected chi connectivity index (χ1v) is 18.1. The Morgan fingerprint density at radius 3 is 1.96 bits per heavy atom. The molecular formula is C49H29N3O. The Morgan fingerprint density at radius 2 is 1.13 bits per heavy atom. The van der Waals surface area contributed by atoms with Crippen molar-refractivity contribution in [3.05, 3.63) is 198 Å². The third-order valence-electron chi connectivity index (χ3n) is 11.5. The second-order valence-corrected chi connectivity index (χ2v) is 14.1. The highest BCUT2D eigenvalue weighted by Crippen LogP contribution is 2.63. The third kappa shape index (κ3) is 3.74. The van der Waals surface area contributed by atoms with Gasteiger partial charge >= 0.3 is 0 Å². The lowest BCUT2D eigenvalue weighted by Gasteiger charge is -2.39. The minimum absolute atomic E-state index is 0.544. The number of benzene rings is 8. The molecule has 1 aliphatic carbocycles. The number of ether oxygens (including phenoxy) is 1. The van der Waals surface area contributed by atoms with Gasteiger partial charge in [0.05, 0.1) is 33.0 Å². The van der Waals surface area contributed by atoms with E-state index in [0.717, 1.165) is 66.6 Å². The summed E-state index contributed by atoms with van der Waals surface area (Å²) in [6.45, 7) is 0. The van der Waals surface area contributed by atoms with Crippen LogP contribution in [-0.2, 0) is 5.41 Å². The summed E-state index contributed by atoms with van der Waals surface area (Å²) in [6.07, 6.45) is 0. The van der Waals surface area contributed by atoms with Crippen LogP contribution in [0.5, 0.6) is 11.5 Å². The fourth-order valence-corrected chi connectivity index (χ4v) is 9.30. The number of rotatable bonds is 2. The van der Waals surface area contributed by atoms with Gasteiger partial charge in [0.2, 0.25) is 5.95 Å². The molecule has 3 heterocycles. The SMILES string of the molecule is c1ccc2c(c1)Oc1c(ccc3c1c1ccccc1n3-c1nc(-c3ccc4ccccc4c3)c3ccccc3n1)C21c2ccccc2-c2ccccc21. The van der Waals surface area contributed by atoms with E-state index in [1.165, 1.54) is 33.0 Å². The molecule has 0 N–H and O–H groups in total. The van der Waals surface area contributed by atoms with Crippen molar-refractivity contribution in [1.82, 2.24) is 14.5 Å². The van der Waals surface area contributed by atoms with Gasteiger partial charge in [-0.15, -0.1) is 0 Å². The molecule has 2 aromatic heterocycles. The van der Waals surface area contributed by atoms with E-state index in [-0.39, 0.29) is 0 Å². The van der Waals surface area contributed by atoms with Crippen LogP contribution >= 0.6 is 0 Å². The fraction of sp³-hybridized carbons (Fsp3) is 0.0204. The number of hydrogen-bond acceptors (Lipinski definition) is 3. The molecule has 2 aliphatic rings. The van der Waals surface area contributed by atoms with Gasteiger partial charge in [-0.3, -0.25) is 4.57 Å². The van der Waals surface area contributed by atoms with Crippen molar-refractivity contribution in [2.45, 2.75) is 5.41 Å². The quantitative estimate of drug-likeness (QED) is 0.183. The number of aromatic nitrogens is 3. The molecule has 4 heteroatoms. The molecule has 0 bridgehead atoms. The summed E-state index contributed by atoms with van der Waals surface area (Å²) < 4.78 is 9.33. The van der Waals surface area contributed by atoms with Crippen LogP contribution in [0.3, 0.4) is 0 Å². The molecule has 0 saturated heterocycles. The molecule has 0 atom stereocenters. The van der Waals surface area contributed by atoms with E-state index in [1.54, 1.807) is 0 Å². The first kappa shape index (κ1) is 28.6. The van der Waals surface area contributed by atoms with Gasteiger partial charge < -0.3 is 4.74 Å². The van der Waals surface area contributed by atoms with Crippen LogP contribution in [-0.4, -0.2) is 14.5 Å². The molecule has 1 spiro atoms. The molecule has 0 saturated carbocycles. The standard InChI is InChI=1S/C49H29N3O/c1-2-14-31-29-32(26-25-30(31)13-1)46-35-17-5-10-22-41(35)50-48(51-46)52-42-23-11-6-18-36(42)45-43(52)28-27-40-47(45)53-44-24-12-9-21-39(44)49(40)37-19-7-3-15-33(37)34-16-4-8-20-38(34)49/h1-29H. The van der Waals surface area contributed by atoms with E-state index >= 15 is 0 Å². The van der Waals surface area contributed by atoms with Gasteiger partial charge in [-0.1, -0.05) is 146 Å². The summed E-state index contributed by atoms with van der Waals surface area (Å²) >= 11 is 0. The third-order valence-corrected chi connectivity index (χ3v) is 11.5. The summed E-state index contributed by atoms with van der Waals surface area (Å²) in [7, 11) is 0. The molecule has 0 radical (unpaired) electrons. The molecule has 246 valence electrons. The predicted molar refractivity (Wildman–Crippen MR) is 214 cm³/mol. The highest BCUT2D eigenvalue weighted by Gasteiger charge is 2.51. The monoisotopic (exact) mass is 675 g/mol. The van der Waals surface area contributed by atoms with Gasteiger partial charge in [0.1, 0.15) is 11.5 Å². The Labute approximate surface area is 305 Å². The van der Waals surface area contributed by atoms with Crippen LogP contribution in [0, 0.1) is 0 Å². The maximum Gasteiger partial charge on any atom is 0.235 e. The molecule has 53 heavy (non-hydrogen) atoms. The first-order valence-electron chi connectivity index (χ1n) is 18.1. The Bertz CT molecular complexity index is 3130. The second kappa shape index (κ2) is 10.5. The zero-order chi connectivity index (χ0) is 34.7. The number of fused-ring (bicyclic) bond motifs is 15. The Balaban J connectivity index is 1.18. The molecule has 0 amide bonds. The van der Waals surface area contributed by atoms with Gasteiger partial charge in [-0.2, -0.15) is 0 Å². The van der Waals surface area contributed by atoms with Crippen LogP contribution in [0.2, 0.25) is 0 Å². The van der Waals surface area contributed by atoms with E-state index < -0.39 is 5.41 Å². The zero-order valence-electron chi connectivity index (χ0n) is 28.5. The van der Waals surface area contributed by atoms with E-state index in [9.17, 15) is 0 Å². The van der Waals surface area contributed by atoms with Crippen molar-refractivity contribution in [2.24, 2.45) is 0 Å². The summed E-state index contributed by atoms with van der Waals surface area (Å²) in [5.41, 5.74) is 11.7. The van der Waals surface area contributed by atoms with Crippen LogP contribution in [0.25, 0.3) is 71.8 Å². The van der Waals surface area contributed by atoms with Crippen molar-refractivity contribution >= 4 is 43.5 Å². The summed E-state index contributed by atoms with van der Waals surface area (Å²) in [6, 6.07) is 62.8. The van der Waals surface area contributed by atoms with Crippen LogP contribution in [0.4, 0.5) is 0 Å². The Hall–Kier alpha value is -7.04. The lowest BCUT2D eigenvalue weighted by atomic mass is 9.66. The number of hydrogen-bond donors (Lipinski definition) is 0. The smallest absolute Gasteiger partial charge is 0.235 e. The molecule has 0 fully saturated rings. The molecule has 12 rings (SSSR count). The van der Waals surface area contributed by atoms with Gasteiger partial charge in [0.15, 0.2) is 0 Å². The average Bonchev–Trinajstić information content (AvgIpc) is 3.72. The van der Waals surface area contributed by atoms with Crippen LogP contribution < -0.4 is 4.74 Å². The first-order chi connectivity index (χ1) is 26.3. The van der Waals surface area contributed by atoms with E-state index in [1.807, 2.05) is 6.07 Å². The summed E-state index contributed by atoms with van der Waals surface area (Å²) in [5, 5.41) is 5.55. The van der Waals surface area contributed by atoms with E-state index in [4.69, 9.17) is 14.7 Å². The lowest BCUT2D eigenvalue weighted by Crippen LogP contribution is -2.32. The maximum atomic E-state index is 7.11. The predicted octanol–water partition coefficient (Wildman–Crippen LogP) is 12.0. The largest absolute Gasteiger partial charge is 0.456 e. The van der Waals surface area contributed by atoms with Crippen LogP contribution in [0.1, 0.15) is 22.3 Å². The Kier molecular flexibility index (Phi) is 5.67. The van der Waals surface area contributed by atoms with Crippen molar-refractivity contribution in [2.75, 3.05) is 0 Å². The Morgan fingerprint density at radius 1 is 0.472 bits per heavy atom. The highest BCUT2D eigenvalue weighted by molar-refractivity contribution is 6.13. The molecule has 0 unspecified atom stereocenters. The average molecular weight is 676 g/mol. The van der Waals surface area contributed by atoms with Crippen molar-refractivity contribution in [3.8, 4) is 39.8 Å². The topological polar surface area (TPSA) is 39.9 Å². The number of nitrogens with zero attached hydrogens (tertiary/aromatic N) is 3. The molecular weight excluding hydrogens is 647 g/mol. The highest BCUT2D eigenvalue weighted by atomic mass is 16.5. The second-order valence-electron chi connectivity index (χ2n) is 14.1. The van der Waals surface area contributed by atoms with Gasteiger partial charge in [-0.25, -0.2) is 9.97 Å². The minimum Gasteiger partial charge on any atom is -0.456 e. The molecule has 1 aliphatic heterocycles. The maximum absolute atomic E-state index is 7.11. The van der Waals surface area contributed by atoms with Crippen molar-refractivity contribution in [3.63, 3.8) is 0 Å². The summed E-state index contributed by atoms with van der Waals surface area (Å²) in [4.78, 5) is 10.7. The number of para-hydroxylation sites is 3. The lowest BCUT2D eigenvalue weighted by molar-refractivity contribution is 0.442. The minimum atomic E-state index is -0.544. The van der Waals surface area contributed by atoms with Crippen molar-refractivity contribution < 1.29 is 4.74 Å². The van der Waals surface area contributed by atoms with E-state index in [0.29, 0.717) is 5.95 Å². The van der Waals surface area contributed by atoms with Crippen LogP contribution in [0.15, 0.2) is 176 Å². The van der Waals surface area contributed by atoms with E-state index in [2.05, 4.69) is 174 Å². The fourth-order valence-electron chi connectivity index (χ4n) is 9.30. The normalized spacial score (nSPS) is 13.6. The van der Waals surface area contributed by atoms with Gasteiger partial charge in [0.25, 0.3) is 0 Å². The summed E-state index contributed by atoms with van der Waals surface area (Å²) in [5.74, 6) is 2.37. The van der Waals surface area contributed by atoms with Gasteiger partial charge in [-0.05, 0) is 63.4 Å². The molecule has 8 aromatic carbocycles. The van der Waals surface area contributed by atoms with Gasteiger partial charge in [0, 0.05) is 27.5 Å². The molecule has 4 nitrogen and oxygen atoms in total. The van der Waals surface area contributed by atoms with Crippen molar-refractivity contribution in [1.29, 1.82) is 0 Å². The molecule has 10 aromatic rings.